The number of nitrogens with one attached hydrogen (secondary N) is 1. The zero-order valence-electron chi connectivity index (χ0n) is 9.87. The Labute approximate surface area is 113 Å². The number of fused-ring (bicyclic) bond motifs is 1. The van der Waals surface area contributed by atoms with Gasteiger partial charge in [-0.1, -0.05) is 30.0 Å². The second-order valence-electron chi connectivity index (χ2n) is 3.87. The van der Waals surface area contributed by atoms with Gasteiger partial charge in [0.1, 0.15) is 11.8 Å². The number of nitrogens with two attached hydrogens (primary N) is 1. The van der Waals surface area contributed by atoms with Crippen LogP contribution in [0.5, 0.6) is 0 Å². The standard InChI is InChI=1S/C12H11N5OS/c13-10-9-11(15-6-14-10)17-12(16-9)19-8-4-2-1-3-7(8)5-18/h1-4,6,18H,5H2,(H3,13,14,15,16,17). The van der Waals surface area contributed by atoms with Crippen molar-refractivity contribution in [2.24, 2.45) is 0 Å². The Bertz CT molecular complexity index is 727. The Hall–Kier alpha value is -2.12. The van der Waals surface area contributed by atoms with Gasteiger partial charge in [-0.2, -0.15) is 0 Å². The van der Waals surface area contributed by atoms with Gasteiger partial charge >= 0.3 is 0 Å². The van der Waals surface area contributed by atoms with E-state index in [1.165, 1.54) is 18.1 Å². The quantitative estimate of drug-likeness (QED) is 0.669. The molecule has 1 aromatic carbocycles. The van der Waals surface area contributed by atoms with Crippen LogP contribution in [0.15, 0.2) is 40.6 Å². The van der Waals surface area contributed by atoms with Crippen molar-refractivity contribution in [2.75, 3.05) is 5.73 Å². The zero-order valence-corrected chi connectivity index (χ0v) is 10.7. The summed E-state index contributed by atoms with van der Waals surface area (Å²) in [6.07, 6.45) is 1.38. The fourth-order valence-electron chi connectivity index (χ4n) is 1.71. The number of hydrogen-bond acceptors (Lipinski definition) is 6. The van der Waals surface area contributed by atoms with Crippen molar-refractivity contribution in [2.45, 2.75) is 16.7 Å². The summed E-state index contributed by atoms with van der Waals surface area (Å²) in [5.41, 5.74) is 7.77. The van der Waals surface area contributed by atoms with Gasteiger partial charge in [0.2, 0.25) is 0 Å². The van der Waals surface area contributed by atoms with Crippen molar-refractivity contribution < 1.29 is 5.11 Å². The summed E-state index contributed by atoms with van der Waals surface area (Å²) < 4.78 is 0. The van der Waals surface area contributed by atoms with Crippen LogP contribution in [-0.4, -0.2) is 25.0 Å². The smallest absolute Gasteiger partial charge is 0.183 e. The lowest BCUT2D eigenvalue weighted by Gasteiger charge is -2.03. The molecular formula is C12H11N5OS. The first-order valence-electron chi connectivity index (χ1n) is 5.60. The van der Waals surface area contributed by atoms with E-state index in [9.17, 15) is 5.11 Å². The van der Waals surface area contributed by atoms with Gasteiger partial charge < -0.3 is 15.8 Å². The molecule has 2 heterocycles. The van der Waals surface area contributed by atoms with Gasteiger partial charge in [-0.05, 0) is 11.6 Å². The average molecular weight is 273 g/mol. The van der Waals surface area contributed by atoms with Crippen molar-refractivity contribution in [3.8, 4) is 0 Å². The molecular weight excluding hydrogens is 262 g/mol. The SMILES string of the molecule is Nc1ncnc2nc(Sc3ccccc3CO)[nH]c12. The van der Waals surface area contributed by atoms with E-state index in [0.29, 0.717) is 22.1 Å². The Morgan fingerprint density at radius 3 is 2.89 bits per heavy atom. The summed E-state index contributed by atoms with van der Waals surface area (Å²) >= 11 is 1.42. The molecule has 0 radical (unpaired) electrons. The summed E-state index contributed by atoms with van der Waals surface area (Å²) in [7, 11) is 0. The van der Waals surface area contributed by atoms with Crippen molar-refractivity contribution in [1.29, 1.82) is 0 Å². The topological polar surface area (TPSA) is 101 Å². The van der Waals surface area contributed by atoms with Gasteiger partial charge in [-0.3, -0.25) is 0 Å². The number of aromatic nitrogens is 4. The zero-order chi connectivity index (χ0) is 13.2. The number of aromatic amines is 1. The average Bonchev–Trinajstić information content (AvgIpc) is 2.83. The maximum absolute atomic E-state index is 9.29. The highest BCUT2D eigenvalue weighted by Crippen LogP contribution is 2.30. The molecule has 0 amide bonds. The Balaban J connectivity index is 1.99. The van der Waals surface area contributed by atoms with Crippen LogP contribution >= 0.6 is 11.8 Å². The van der Waals surface area contributed by atoms with Crippen LogP contribution in [0.2, 0.25) is 0 Å². The Morgan fingerprint density at radius 2 is 2.11 bits per heavy atom. The van der Waals surface area contributed by atoms with Gasteiger partial charge in [-0.25, -0.2) is 15.0 Å². The molecule has 0 bridgehead atoms. The normalized spacial score (nSPS) is 11.0. The van der Waals surface area contributed by atoms with E-state index in [0.717, 1.165) is 10.5 Å². The largest absolute Gasteiger partial charge is 0.392 e. The molecule has 0 atom stereocenters. The number of nitrogens with zero attached hydrogens (tertiary/aromatic N) is 3. The number of aliphatic hydroxyl groups excluding tert-OH is 1. The lowest BCUT2D eigenvalue weighted by molar-refractivity contribution is 0.279. The highest BCUT2D eigenvalue weighted by molar-refractivity contribution is 7.99. The monoisotopic (exact) mass is 273 g/mol. The van der Waals surface area contributed by atoms with Crippen molar-refractivity contribution >= 4 is 28.7 Å². The summed E-state index contributed by atoms with van der Waals surface area (Å²) in [5, 5.41) is 9.96. The first-order valence-corrected chi connectivity index (χ1v) is 6.42. The van der Waals surface area contributed by atoms with Crippen LogP contribution in [0.3, 0.4) is 0 Å². The molecule has 0 saturated carbocycles. The van der Waals surface area contributed by atoms with Crippen molar-refractivity contribution in [3.63, 3.8) is 0 Å². The van der Waals surface area contributed by atoms with Crippen LogP contribution < -0.4 is 5.73 Å². The van der Waals surface area contributed by atoms with E-state index < -0.39 is 0 Å². The number of hydrogen-bond donors (Lipinski definition) is 3. The van der Waals surface area contributed by atoms with E-state index in [2.05, 4.69) is 19.9 Å². The molecule has 0 aliphatic rings. The van der Waals surface area contributed by atoms with E-state index in [1.807, 2.05) is 24.3 Å². The molecule has 4 N–H and O–H groups in total. The summed E-state index contributed by atoms with van der Waals surface area (Å²) in [6.45, 7) is -0.00859. The van der Waals surface area contributed by atoms with Crippen molar-refractivity contribution in [1.82, 2.24) is 19.9 Å². The van der Waals surface area contributed by atoms with Gasteiger partial charge in [0.15, 0.2) is 16.6 Å². The number of H-pyrrole nitrogens is 1. The van der Waals surface area contributed by atoms with Crippen LogP contribution in [0.4, 0.5) is 5.82 Å². The molecule has 0 unspecified atom stereocenters. The van der Waals surface area contributed by atoms with Gasteiger partial charge in [0.05, 0.1) is 6.61 Å². The fourth-order valence-corrected chi connectivity index (χ4v) is 2.62. The molecule has 0 spiro atoms. The van der Waals surface area contributed by atoms with Crippen LogP contribution in [0.1, 0.15) is 5.56 Å². The molecule has 96 valence electrons. The maximum Gasteiger partial charge on any atom is 0.183 e. The van der Waals surface area contributed by atoms with E-state index in [4.69, 9.17) is 5.73 Å². The number of nitrogen functional groups attached to an aromatic ring is 1. The highest BCUT2D eigenvalue weighted by atomic mass is 32.2. The number of imidazole rings is 1. The number of benzene rings is 1. The molecule has 0 fully saturated rings. The second kappa shape index (κ2) is 4.87. The minimum absolute atomic E-state index is 0.00859. The fraction of sp³-hybridized carbons (Fsp3) is 0.0833. The molecule has 0 aliphatic heterocycles. The lowest BCUT2D eigenvalue weighted by atomic mass is 10.2. The summed E-state index contributed by atoms with van der Waals surface area (Å²) in [5.74, 6) is 0.375. The third kappa shape index (κ3) is 2.25. The van der Waals surface area contributed by atoms with E-state index in [1.54, 1.807) is 0 Å². The minimum Gasteiger partial charge on any atom is -0.392 e. The van der Waals surface area contributed by atoms with Crippen LogP contribution in [0.25, 0.3) is 11.2 Å². The summed E-state index contributed by atoms with van der Waals surface area (Å²) in [4.78, 5) is 16.3. The number of rotatable bonds is 3. The number of aliphatic hydroxyl groups is 1. The van der Waals surface area contributed by atoms with Crippen LogP contribution in [0, 0.1) is 0 Å². The third-order valence-electron chi connectivity index (χ3n) is 2.65. The Kier molecular flexibility index (Phi) is 3.06. The highest BCUT2D eigenvalue weighted by Gasteiger charge is 2.10. The molecule has 0 aliphatic carbocycles. The lowest BCUT2D eigenvalue weighted by Crippen LogP contribution is -1.91. The van der Waals surface area contributed by atoms with Crippen LogP contribution in [-0.2, 0) is 6.61 Å². The van der Waals surface area contributed by atoms with E-state index in [-0.39, 0.29) is 6.61 Å². The Morgan fingerprint density at radius 1 is 1.26 bits per heavy atom. The predicted octanol–water partition coefficient (Wildman–Crippen LogP) is 1.58. The molecule has 3 rings (SSSR count). The summed E-state index contributed by atoms with van der Waals surface area (Å²) in [6, 6.07) is 7.60. The minimum atomic E-state index is -0.00859. The first-order chi connectivity index (χ1) is 9.28. The van der Waals surface area contributed by atoms with Crippen molar-refractivity contribution in [3.05, 3.63) is 36.2 Å². The second-order valence-corrected chi connectivity index (χ2v) is 4.90. The molecule has 2 aromatic heterocycles. The van der Waals surface area contributed by atoms with Gasteiger partial charge in [-0.15, -0.1) is 0 Å². The molecule has 7 heteroatoms. The predicted molar refractivity (Wildman–Crippen MR) is 72.6 cm³/mol. The molecule has 3 aromatic rings. The molecule has 6 nitrogen and oxygen atoms in total. The molecule has 0 saturated heterocycles. The van der Waals surface area contributed by atoms with Gasteiger partial charge in [0, 0.05) is 4.90 Å². The van der Waals surface area contributed by atoms with Gasteiger partial charge in [0.25, 0.3) is 0 Å². The molecule has 19 heavy (non-hydrogen) atoms. The van der Waals surface area contributed by atoms with E-state index >= 15 is 0 Å². The third-order valence-corrected chi connectivity index (χ3v) is 3.65. The first kappa shape index (κ1) is 11.9. The maximum atomic E-state index is 9.29. The number of anilines is 1.